The van der Waals surface area contributed by atoms with E-state index in [-0.39, 0.29) is 0 Å². The molecule has 2 atom stereocenters. The summed E-state index contributed by atoms with van der Waals surface area (Å²) in [7, 11) is 1.76. The molecule has 1 heterocycles. The van der Waals surface area contributed by atoms with Crippen molar-refractivity contribution < 1.29 is 9.84 Å². The zero-order valence-electron chi connectivity index (χ0n) is 11.4. The number of rotatable bonds is 6. The number of hydrogen-bond acceptors (Lipinski definition) is 3. The van der Waals surface area contributed by atoms with Crippen LogP contribution in [0.25, 0.3) is 0 Å². The molecule has 3 nitrogen and oxygen atoms in total. The first-order chi connectivity index (χ1) is 9.19. The smallest absolute Gasteiger partial charge is 0.0802 e. The summed E-state index contributed by atoms with van der Waals surface area (Å²) >= 11 is 5.93. The summed E-state index contributed by atoms with van der Waals surface area (Å²) in [5.74, 6) is 0.647. The molecule has 106 valence electrons. The zero-order chi connectivity index (χ0) is 13.7. The largest absolute Gasteiger partial charge is 0.388 e. The number of benzene rings is 1. The summed E-state index contributed by atoms with van der Waals surface area (Å²) in [5.41, 5.74) is 0.903. The molecule has 2 rings (SSSR count). The normalized spacial score (nSPS) is 21.7. The minimum atomic E-state index is -0.430. The van der Waals surface area contributed by atoms with E-state index in [2.05, 4.69) is 4.90 Å². The van der Waals surface area contributed by atoms with Crippen molar-refractivity contribution in [1.82, 2.24) is 4.90 Å². The van der Waals surface area contributed by atoms with Gasteiger partial charge in [0.25, 0.3) is 0 Å². The van der Waals surface area contributed by atoms with Crippen molar-refractivity contribution in [2.24, 2.45) is 5.92 Å². The highest BCUT2D eigenvalue weighted by Crippen LogP contribution is 2.22. The van der Waals surface area contributed by atoms with Gasteiger partial charge in [-0.15, -0.1) is 0 Å². The van der Waals surface area contributed by atoms with Gasteiger partial charge < -0.3 is 14.7 Å². The van der Waals surface area contributed by atoms with E-state index in [4.69, 9.17) is 16.3 Å². The number of nitrogens with zero attached hydrogens (tertiary/aromatic N) is 1. The first-order valence-corrected chi connectivity index (χ1v) is 7.21. The molecule has 1 aromatic rings. The number of aliphatic hydroxyl groups excluding tert-OH is 1. The van der Waals surface area contributed by atoms with Crippen molar-refractivity contribution >= 4 is 11.6 Å². The maximum Gasteiger partial charge on any atom is 0.0802 e. The summed E-state index contributed by atoms with van der Waals surface area (Å²) in [5, 5.41) is 10.8. The Labute approximate surface area is 120 Å². The van der Waals surface area contributed by atoms with Gasteiger partial charge in [-0.2, -0.15) is 0 Å². The first-order valence-electron chi connectivity index (χ1n) is 6.84. The van der Waals surface area contributed by atoms with E-state index in [0.29, 0.717) is 10.9 Å². The van der Waals surface area contributed by atoms with Crippen molar-refractivity contribution in [2.45, 2.75) is 18.9 Å². The van der Waals surface area contributed by atoms with Gasteiger partial charge in [-0.1, -0.05) is 23.7 Å². The average Bonchev–Trinajstić information content (AvgIpc) is 2.84. The molecule has 0 aliphatic carbocycles. The summed E-state index contributed by atoms with van der Waals surface area (Å²) in [6.45, 7) is 3.95. The van der Waals surface area contributed by atoms with Gasteiger partial charge in [0.15, 0.2) is 0 Å². The van der Waals surface area contributed by atoms with Gasteiger partial charge >= 0.3 is 0 Å². The third-order valence-corrected chi connectivity index (χ3v) is 3.96. The van der Waals surface area contributed by atoms with E-state index in [9.17, 15) is 5.11 Å². The monoisotopic (exact) mass is 283 g/mol. The third kappa shape index (κ3) is 4.46. The Bertz CT molecular complexity index is 399. The maximum atomic E-state index is 10.2. The highest BCUT2D eigenvalue weighted by atomic mass is 35.5. The molecule has 2 unspecified atom stereocenters. The lowest BCUT2D eigenvalue weighted by Crippen LogP contribution is -2.24. The van der Waals surface area contributed by atoms with Crippen molar-refractivity contribution in [3.8, 4) is 0 Å². The molecule has 1 aromatic carbocycles. The zero-order valence-corrected chi connectivity index (χ0v) is 12.1. The van der Waals surface area contributed by atoms with E-state index >= 15 is 0 Å². The van der Waals surface area contributed by atoms with Gasteiger partial charge in [-0.05, 0) is 43.0 Å². The van der Waals surface area contributed by atoms with Crippen molar-refractivity contribution in [2.75, 3.05) is 33.4 Å². The van der Waals surface area contributed by atoms with Crippen LogP contribution in [0.5, 0.6) is 0 Å². The number of ether oxygens (including phenoxy) is 1. The van der Waals surface area contributed by atoms with Crippen LogP contribution in [0.4, 0.5) is 0 Å². The molecule has 0 saturated carbocycles. The molecular formula is C15H22ClNO2. The van der Waals surface area contributed by atoms with E-state index in [1.54, 1.807) is 7.11 Å². The van der Waals surface area contributed by atoms with Gasteiger partial charge in [-0.3, -0.25) is 0 Å². The van der Waals surface area contributed by atoms with Crippen LogP contribution in [0.2, 0.25) is 5.02 Å². The van der Waals surface area contributed by atoms with Crippen LogP contribution in [0, 0.1) is 5.92 Å². The second kappa shape index (κ2) is 7.25. The minimum absolute atomic E-state index is 0.430. The second-order valence-corrected chi connectivity index (χ2v) is 5.71. The van der Waals surface area contributed by atoms with Gasteiger partial charge in [0.1, 0.15) is 0 Å². The Morgan fingerprint density at radius 3 is 3.11 bits per heavy atom. The Morgan fingerprint density at radius 2 is 2.37 bits per heavy atom. The quantitative estimate of drug-likeness (QED) is 0.871. The predicted octanol–water partition coefficient (Wildman–Crippen LogP) is 2.73. The van der Waals surface area contributed by atoms with Crippen LogP contribution in [0.15, 0.2) is 24.3 Å². The molecule has 1 saturated heterocycles. The van der Waals surface area contributed by atoms with E-state index in [1.165, 1.54) is 6.42 Å². The number of methoxy groups -OCH3 is 1. The molecule has 1 aliphatic heterocycles. The average molecular weight is 284 g/mol. The summed E-state index contributed by atoms with van der Waals surface area (Å²) in [6, 6.07) is 7.47. The van der Waals surface area contributed by atoms with Crippen molar-refractivity contribution in [3.05, 3.63) is 34.9 Å². The highest BCUT2D eigenvalue weighted by Gasteiger charge is 2.22. The SMILES string of the molecule is COCC1CCN(CCC(O)c2cccc(Cl)c2)C1. The lowest BCUT2D eigenvalue weighted by molar-refractivity contribution is 0.137. The molecular weight excluding hydrogens is 262 g/mol. The molecule has 0 aromatic heterocycles. The van der Waals surface area contributed by atoms with Gasteiger partial charge in [0, 0.05) is 25.2 Å². The van der Waals surface area contributed by atoms with Crippen LogP contribution in [0.3, 0.4) is 0 Å². The Balaban J connectivity index is 1.76. The standard InChI is InChI=1S/C15H22ClNO2/c1-19-11-12-5-7-17(10-12)8-6-15(18)13-3-2-4-14(16)9-13/h2-4,9,12,15,18H,5-8,10-11H2,1H3. The lowest BCUT2D eigenvalue weighted by Gasteiger charge is -2.18. The van der Waals surface area contributed by atoms with E-state index in [1.807, 2.05) is 24.3 Å². The topological polar surface area (TPSA) is 32.7 Å². The van der Waals surface area contributed by atoms with Crippen LogP contribution >= 0.6 is 11.6 Å². The predicted molar refractivity (Wildman–Crippen MR) is 77.5 cm³/mol. The summed E-state index contributed by atoms with van der Waals surface area (Å²) in [4.78, 5) is 2.40. The molecule has 1 fully saturated rings. The molecule has 1 aliphatic rings. The molecule has 0 bridgehead atoms. The van der Waals surface area contributed by atoms with Crippen molar-refractivity contribution in [3.63, 3.8) is 0 Å². The van der Waals surface area contributed by atoms with E-state index < -0.39 is 6.10 Å². The molecule has 19 heavy (non-hydrogen) atoms. The fraction of sp³-hybridized carbons (Fsp3) is 0.600. The van der Waals surface area contributed by atoms with Gasteiger partial charge in [-0.25, -0.2) is 0 Å². The third-order valence-electron chi connectivity index (χ3n) is 3.72. The van der Waals surface area contributed by atoms with Crippen LogP contribution in [-0.2, 0) is 4.74 Å². The Morgan fingerprint density at radius 1 is 1.53 bits per heavy atom. The lowest BCUT2D eigenvalue weighted by atomic mass is 10.1. The first kappa shape index (κ1) is 14.8. The number of hydrogen-bond donors (Lipinski definition) is 1. The Kier molecular flexibility index (Phi) is 5.64. The molecule has 0 spiro atoms. The fourth-order valence-electron chi connectivity index (χ4n) is 2.67. The van der Waals surface area contributed by atoms with E-state index in [0.717, 1.165) is 38.2 Å². The number of likely N-dealkylation sites (tertiary alicyclic amines) is 1. The van der Waals surface area contributed by atoms with Crippen molar-refractivity contribution in [1.29, 1.82) is 0 Å². The fourth-order valence-corrected chi connectivity index (χ4v) is 2.87. The number of halogens is 1. The maximum absolute atomic E-state index is 10.2. The van der Waals surface area contributed by atoms with Gasteiger partial charge in [0.2, 0.25) is 0 Å². The highest BCUT2D eigenvalue weighted by molar-refractivity contribution is 6.30. The summed E-state index contributed by atoms with van der Waals surface area (Å²) < 4.78 is 5.19. The molecule has 4 heteroatoms. The minimum Gasteiger partial charge on any atom is -0.388 e. The molecule has 0 radical (unpaired) electrons. The Hall–Kier alpha value is -0.610. The van der Waals surface area contributed by atoms with Crippen LogP contribution < -0.4 is 0 Å². The summed E-state index contributed by atoms with van der Waals surface area (Å²) in [6.07, 6.45) is 1.52. The number of aliphatic hydroxyl groups is 1. The van der Waals surface area contributed by atoms with Crippen LogP contribution in [0.1, 0.15) is 24.5 Å². The molecule has 1 N–H and O–H groups in total. The second-order valence-electron chi connectivity index (χ2n) is 5.27. The van der Waals surface area contributed by atoms with Crippen LogP contribution in [-0.4, -0.2) is 43.4 Å². The molecule has 0 amide bonds. The van der Waals surface area contributed by atoms with Gasteiger partial charge in [0.05, 0.1) is 12.7 Å².